The zero-order valence-electron chi connectivity index (χ0n) is 26.0. The Labute approximate surface area is 262 Å². The number of carbonyl (C=O) groups excluding carboxylic acids is 2. The number of aryl methyl sites for hydroxylation is 1. The van der Waals surface area contributed by atoms with Gasteiger partial charge in [0, 0.05) is 25.5 Å². The maximum Gasteiger partial charge on any atom is 0.326 e. The second-order valence-electron chi connectivity index (χ2n) is 10.6. The number of fused-ring (bicyclic) bond motifs is 3. The largest absolute Gasteiger partial charge is 0.493 e. The van der Waals surface area contributed by atoms with Crippen LogP contribution in [0.1, 0.15) is 62.6 Å². The summed E-state index contributed by atoms with van der Waals surface area (Å²) in [6, 6.07) is 5.83. The zero-order valence-corrected chi connectivity index (χ0v) is 26.9. The van der Waals surface area contributed by atoms with Crippen LogP contribution in [-0.4, -0.2) is 68.8 Å². The molecule has 1 aliphatic rings. The number of thioether (sulfide) groups is 1. The molecule has 2 aromatic rings. The van der Waals surface area contributed by atoms with Crippen LogP contribution in [0.2, 0.25) is 0 Å². The van der Waals surface area contributed by atoms with Crippen LogP contribution in [0.5, 0.6) is 17.2 Å². The van der Waals surface area contributed by atoms with Gasteiger partial charge in [-0.15, -0.1) is 0 Å². The number of nitrogens with one attached hydrogen (secondary N) is 3. The summed E-state index contributed by atoms with van der Waals surface area (Å²) in [5.41, 5.74) is 3.37. The number of aliphatic carboxylic acids is 1. The molecular weight excluding hydrogens is 586 g/mol. The summed E-state index contributed by atoms with van der Waals surface area (Å²) in [6.45, 7) is 1.97. The lowest BCUT2D eigenvalue weighted by atomic mass is 9.95. The molecule has 1 aliphatic carbocycles. The lowest BCUT2D eigenvalue weighted by Gasteiger charge is -2.19. The molecule has 11 nitrogen and oxygen atoms in total. The zero-order chi connectivity index (χ0) is 32.2. The van der Waals surface area contributed by atoms with Crippen molar-refractivity contribution >= 4 is 35.2 Å². The van der Waals surface area contributed by atoms with E-state index >= 15 is 0 Å². The fourth-order valence-electron chi connectivity index (χ4n) is 5.42. The average molecular weight is 630 g/mol. The number of methoxy groups -OCH3 is 3. The molecule has 0 saturated heterocycles. The van der Waals surface area contributed by atoms with Crippen LogP contribution in [-0.2, 0) is 20.8 Å². The van der Waals surface area contributed by atoms with Gasteiger partial charge in [0.2, 0.25) is 23.0 Å². The van der Waals surface area contributed by atoms with E-state index in [1.807, 2.05) is 18.4 Å². The molecule has 0 bridgehead atoms. The van der Waals surface area contributed by atoms with Gasteiger partial charge in [-0.3, -0.25) is 14.4 Å². The summed E-state index contributed by atoms with van der Waals surface area (Å²) in [7, 11) is 4.66. The van der Waals surface area contributed by atoms with E-state index < -0.39 is 18.1 Å². The van der Waals surface area contributed by atoms with Crippen LogP contribution in [0.4, 0.5) is 5.69 Å². The van der Waals surface area contributed by atoms with Crippen LogP contribution in [0, 0.1) is 0 Å². The van der Waals surface area contributed by atoms with Crippen molar-refractivity contribution < 1.29 is 33.7 Å². The molecule has 0 saturated carbocycles. The van der Waals surface area contributed by atoms with Crippen LogP contribution in [0.25, 0.3) is 11.1 Å². The van der Waals surface area contributed by atoms with Crippen molar-refractivity contribution in [1.82, 2.24) is 10.6 Å². The predicted octanol–water partition coefficient (Wildman–Crippen LogP) is 4.16. The van der Waals surface area contributed by atoms with Gasteiger partial charge in [0.15, 0.2) is 11.5 Å². The van der Waals surface area contributed by atoms with E-state index in [-0.39, 0.29) is 23.7 Å². The Kier molecular flexibility index (Phi) is 13.2. The number of carboxylic acid groups (broad SMARTS) is 1. The average Bonchev–Trinajstić information content (AvgIpc) is 3.24. The number of carbonyl (C=O) groups is 3. The molecule has 2 aromatic carbocycles. The van der Waals surface area contributed by atoms with E-state index in [0.717, 1.165) is 23.1 Å². The number of unbranched alkanes of at least 4 members (excludes halogenated alkanes) is 2. The topological polar surface area (TPSA) is 152 Å². The quantitative estimate of drug-likeness (QED) is 0.199. The second kappa shape index (κ2) is 16.8. The highest BCUT2D eigenvalue weighted by Crippen LogP contribution is 2.50. The highest BCUT2D eigenvalue weighted by molar-refractivity contribution is 7.98. The van der Waals surface area contributed by atoms with Crippen LogP contribution in [0.15, 0.2) is 29.1 Å². The van der Waals surface area contributed by atoms with E-state index in [4.69, 9.17) is 14.2 Å². The highest BCUT2D eigenvalue weighted by atomic mass is 32.2. The summed E-state index contributed by atoms with van der Waals surface area (Å²) in [5, 5.41) is 18.1. The Morgan fingerprint density at radius 2 is 1.80 bits per heavy atom. The first-order valence-electron chi connectivity index (χ1n) is 14.7. The van der Waals surface area contributed by atoms with Crippen molar-refractivity contribution in [3.8, 4) is 28.4 Å². The normalized spacial score (nSPS) is 14.2. The van der Waals surface area contributed by atoms with Crippen molar-refractivity contribution in [3.63, 3.8) is 0 Å². The van der Waals surface area contributed by atoms with Gasteiger partial charge < -0.3 is 35.3 Å². The number of rotatable bonds is 16. The smallest absolute Gasteiger partial charge is 0.326 e. The van der Waals surface area contributed by atoms with Gasteiger partial charge in [0.25, 0.3) is 0 Å². The summed E-state index contributed by atoms with van der Waals surface area (Å²) in [6.07, 6.45) is 5.74. The van der Waals surface area contributed by atoms with Crippen LogP contribution < -0.4 is 35.6 Å². The molecular formula is C32H43N3O8S. The van der Waals surface area contributed by atoms with Crippen molar-refractivity contribution in [3.05, 3.63) is 45.6 Å². The Bertz CT molecular complexity index is 1400. The molecule has 3 rings (SSSR count). The van der Waals surface area contributed by atoms with E-state index in [9.17, 15) is 24.3 Å². The van der Waals surface area contributed by atoms with Gasteiger partial charge in [-0.05, 0) is 79.0 Å². The number of carboxylic acids is 1. The minimum atomic E-state index is -1.03. The number of hydrogen-bond donors (Lipinski definition) is 4. The molecule has 0 radical (unpaired) electrons. The minimum absolute atomic E-state index is 0.196. The van der Waals surface area contributed by atoms with Crippen molar-refractivity contribution in [1.29, 1.82) is 0 Å². The molecule has 12 heteroatoms. The molecule has 44 heavy (non-hydrogen) atoms. The van der Waals surface area contributed by atoms with E-state index in [2.05, 4.69) is 16.0 Å². The lowest BCUT2D eigenvalue weighted by molar-refractivity contribution is -0.141. The number of anilines is 1. The van der Waals surface area contributed by atoms with Crippen LogP contribution >= 0.6 is 11.8 Å². The van der Waals surface area contributed by atoms with Gasteiger partial charge >= 0.3 is 5.97 Å². The first-order valence-corrected chi connectivity index (χ1v) is 16.1. The monoisotopic (exact) mass is 629 g/mol. The van der Waals surface area contributed by atoms with Crippen molar-refractivity contribution in [2.45, 2.75) is 64.0 Å². The summed E-state index contributed by atoms with van der Waals surface area (Å²) in [5.74, 6) is 0.621. The number of amides is 2. The Morgan fingerprint density at radius 1 is 1.05 bits per heavy atom. The molecule has 0 unspecified atom stereocenters. The maximum atomic E-state index is 13.4. The van der Waals surface area contributed by atoms with Gasteiger partial charge in [0.05, 0.1) is 33.1 Å². The summed E-state index contributed by atoms with van der Waals surface area (Å²) < 4.78 is 17.0. The molecule has 2 amide bonds. The predicted molar refractivity (Wildman–Crippen MR) is 172 cm³/mol. The third-order valence-corrected chi connectivity index (χ3v) is 8.20. The third kappa shape index (κ3) is 8.81. The van der Waals surface area contributed by atoms with Crippen LogP contribution in [0.3, 0.4) is 0 Å². The fraction of sp³-hybridized carbons (Fsp3) is 0.500. The summed E-state index contributed by atoms with van der Waals surface area (Å²) >= 11 is 1.54. The van der Waals surface area contributed by atoms with E-state index in [0.29, 0.717) is 72.9 Å². The Hall–Kier alpha value is -3.93. The van der Waals surface area contributed by atoms with Gasteiger partial charge in [-0.2, -0.15) is 11.8 Å². The molecule has 0 heterocycles. The SMILES string of the molecule is COc1cc2c(c(OC)c1OC)-c1ccc(NCCCCCC(=O)N[C@@H](CCSC)C(=O)O)c(=O)cc1[C@@H](NC(C)=O)CC2. The van der Waals surface area contributed by atoms with Crippen molar-refractivity contribution in [2.24, 2.45) is 0 Å². The standard InChI is InChI=1S/C32H43N3O8S/c1-19(36)34-23-12-10-20-17-27(41-2)30(42-3)31(43-4)29(20)21-11-13-24(26(37)18-22(21)23)33-15-8-6-7-9-28(38)35-25(32(39)40)14-16-44-5/h11,13,17-18,23,25H,6-10,12,14-16H2,1-5H3,(H,33,37)(H,34,36)(H,35,38)(H,39,40)/t23-,25-/m0/s1. The number of hydrogen-bond acceptors (Lipinski definition) is 9. The van der Waals surface area contributed by atoms with Gasteiger partial charge in [-0.1, -0.05) is 12.5 Å². The molecule has 2 atom stereocenters. The first kappa shape index (κ1) is 34.6. The molecule has 0 fully saturated rings. The maximum absolute atomic E-state index is 13.4. The molecule has 0 spiro atoms. The second-order valence-corrected chi connectivity index (χ2v) is 11.6. The number of benzene rings is 1. The molecule has 0 aliphatic heterocycles. The minimum Gasteiger partial charge on any atom is -0.493 e. The van der Waals surface area contributed by atoms with Gasteiger partial charge in [-0.25, -0.2) is 4.79 Å². The first-order chi connectivity index (χ1) is 21.1. The Morgan fingerprint density at radius 3 is 2.43 bits per heavy atom. The number of ether oxygens (including phenoxy) is 3. The van der Waals surface area contributed by atoms with E-state index in [1.165, 1.54) is 18.7 Å². The fourth-order valence-corrected chi connectivity index (χ4v) is 5.90. The molecule has 4 N–H and O–H groups in total. The Balaban J connectivity index is 1.78. The van der Waals surface area contributed by atoms with E-state index in [1.54, 1.807) is 33.5 Å². The third-order valence-electron chi connectivity index (χ3n) is 7.56. The molecule has 240 valence electrons. The molecule has 0 aromatic heterocycles. The highest BCUT2D eigenvalue weighted by Gasteiger charge is 2.29. The van der Waals surface area contributed by atoms with Crippen molar-refractivity contribution in [2.75, 3.05) is 45.2 Å². The lowest BCUT2D eigenvalue weighted by Crippen LogP contribution is -2.41. The van der Waals surface area contributed by atoms with Gasteiger partial charge in [0.1, 0.15) is 6.04 Å². The summed E-state index contributed by atoms with van der Waals surface area (Å²) in [4.78, 5) is 49.1.